The molecule has 0 spiro atoms. The molecule has 3 saturated heterocycles. The largest absolute Gasteiger partial charge is 0.459 e. The van der Waals surface area contributed by atoms with E-state index in [1.807, 2.05) is 58.5 Å². The maximum absolute atomic E-state index is 14.6. The number of aliphatic hydroxyl groups excluding tert-OH is 4. The van der Waals surface area contributed by atoms with Crippen LogP contribution in [-0.2, 0) is 33.2 Å². The van der Waals surface area contributed by atoms with E-state index in [0.717, 1.165) is 13.0 Å². The van der Waals surface area contributed by atoms with E-state index in [1.54, 1.807) is 20.8 Å². The van der Waals surface area contributed by atoms with Gasteiger partial charge in [0.15, 0.2) is 12.6 Å². The van der Waals surface area contributed by atoms with Crippen LogP contribution >= 0.6 is 0 Å². The van der Waals surface area contributed by atoms with Gasteiger partial charge in [-0.2, -0.15) is 0 Å². The van der Waals surface area contributed by atoms with Gasteiger partial charge in [-0.15, -0.1) is 0 Å². The van der Waals surface area contributed by atoms with E-state index in [1.165, 1.54) is 14.0 Å². The van der Waals surface area contributed by atoms with E-state index in [0.29, 0.717) is 25.9 Å². The molecule has 18 atom stereocenters. The highest BCUT2D eigenvalue weighted by atomic mass is 16.7. The lowest BCUT2D eigenvalue weighted by Crippen LogP contribution is -2.70. The van der Waals surface area contributed by atoms with Gasteiger partial charge in [-0.3, -0.25) is 9.69 Å². The molecule has 0 amide bonds. The maximum atomic E-state index is 14.6. The molecule has 0 aromatic rings. The van der Waals surface area contributed by atoms with Crippen molar-refractivity contribution in [1.29, 1.82) is 0 Å². The van der Waals surface area contributed by atoms with Crippen molar-refractivity contribution in [2.24, 2.45) is 23.2 Å². The van der Waals surface area contributed by atoms with E-state index < -0.39 is 102 Å². The molecular weight excluding hydrogens is 815 g/mol. The average Bonchev–Trinajstić information content (AvgIpc) is 3.21. The van der Waals surface area contributed by atoms with E-state index >= 15 is 0 Å². The third-order valence-corrected chi connectivity index (χ3v) is 14.9. The second-order valence-electron chi connectivity index (χ2n) is 20.8. The maximum Gasteiger partial charge on any atom is 0.311 e. The molecule has 1 unspecified atom stereocenters. The molecule has 0 aliphatic carbocycles. The van der Waals surface area contributed by atoms with Gasteiger partial charge in [-0.25, -0.2) is 0 Å². The number of methoxy groups -OCH3 is 1. The van der Waals surface area contributed by atoms with Crippen LogP contribution in [-0.4, -0.2) is 202 Å². The minimum absolute atomic E-state index is 0.0194. The Bertz CT molecular complexity index is 1390. The molecule has 3 rings (SSSR count). The van der Waals surface area contributed by atoms with Crippen LogP contribution in [0.1, 0.15) is 122 Å². The van der Waals surface area contributed by atoms with Gasteiger partial charge in [0.05, 0.1) is 49.1 Å². The van der Waals surface area contributed by atoms with Crippen LogP contribution in [0.5, 0.6) is 0 Å². The third kappa shape index (κ3) is 13.1. The number of rotatable bonds is 15. The number of aliphatic hydroxyl groups is 6. The lowest BCUT2D eigenvalue weighted by molar-refractivity contribution is -0.338. The summed E-state index contributed by atoms with van der Waals surface area (Å²) in [6.45, 7) is 26.4. The van der Waals surface area contributed by atoms with E-state index in [4.69, 9.17) is 28.4 Å². The summed E-state index contributed by atoms with van der Waals surface area (Å²) < 4.78 is 39.4. The summed E-state index contributed by atoms with van der Waals surface area (Å²) in [7, 11) is 5.38. The fourth-order valence-corrected chi connectivity index (χ4v) is 10.8. The first-order valence-corrected chi connectivity index (χ1v) is 23.8. The number of esters is 1. The van der Waals surface area contributed by atoms with Crippen molar-refractivity contribution in [3.63, 3.8) is 0 Å². The van der Waals surface area contributed by atoms with Crippen molar-refractivity contribution >= 4 is 5.97 Å². The molecule has 16 heteroatoms. The standard InChI is InChI=1S/C47H91N3O13/c1-17-20-50-24-28(4)40(54)46(13,56)36(18-2)61-42(55)32(8)39(62-37-23-45(12,58-16)47(57,33(9)60-37)27-49(19-3)25-34(52)26-51)31(7)41(44(10,11)22-29(50)5)63-43-38(53)35(48(14)15)21-30(6)59-43/h28-41,43,51-54,56-57H,17-27H2,1-16H3/t28-,29+,30+,31-,32+,33-,34?,35-,36+,37+,38+,39+,40+,41+,43-,45-,46+,47+/m0/s1. The summed E-state index contributed by atoms with van der Waals surface area (Å²) in [6.07, 6.45) is -6.59. The molecule has 3 fully saturated rings. The van der Waals surface area contributed by atoms with Gasteiger partial charge in [-0.05, 0) is 106 Å². The minimum Gasteiger partial charge on any atom is -0.459 e. The molecule has 16 nitrogen and oxygen atoms in total. The lowest BCUT2D eigenvalue weighted by Gasteiger charge is -2.55. The zero-order chi connectivity index (χ0) is 48.0. The van der Waals surface area contributed by atoms with Crippen molar-refractivity contribution in [3.8, 4) is 0 Å². The smallest absolute Gasteiger partial charge is 0.311 e. The highest BCUT2D eigenvalue weighted by molar-refractivity contribution is 5.73. The number of nitrogens with zero attached hydrogens (tertiary/aromatic N) is 3. The molecule has 372 valence electrons. The summed E-state index contributed by atoms with van der Waals surface area (Å²) >= 11 is 0. The Hall–Kier alpha value is -1.09. The first-order valence-electron chi connectivity index (χ1n) is 23.8. The molecule has 0 aromatic carbocycles. The first kappa shape index (κ1) is 56.2. The lowest BCUT2D eigenvalue weighted by atomic mass is 9.72. The van der Waals surface area contributed by atoms with Gasteiger partial charge in [0.25, 0.3) is 0 Å². The van der Waals surface area contributed by atoms with Crippen LogP contribution in [0.25, 0.3) is 0 Å². The van der Waals surface area contributed by atoms with E-state index in [2.05, 4.69) is 32.6 Å². The van der Waals surface area contributed by atoms with Gasteiger partial charge in [0.1, 0.15) is 29.0 Å². The van der Waals surface area contributed by atoms with E-state index in [-0.39, 0.29) is 50.0 Å². The Morgan fingerprint density at radius 3 is 2.13 bits per heavy atom. The monoisotopic (exact) mass is 906 g/mol. The Kier molecular flexibility index (Phi) is 20.8. The molecule has 0 bridgehead atoms. The predicted octanol–water partition coefficient (Wildman–Crippen LogP) is 3.00. The van der Waals surface area contributed by atoms with Gasteiger partial charge in [-0.1, -0.05) is 48.5 Å². The van der Waals surface area contributed by atoms with Crippen LogP contribution in [0.3, 0.4) is 0 Å². The summed E-state index contributed by atoms with van der Waals surface area (Å²) in [5, 5.41) is 67.9. The zero-order valence-electron chi connectivity index (χ0n) is 41.8. The molecule has 63 heavy (non-hydrogen) atoms. The molecule has 3 heterocycles. The summed E-state index contributed by atoms with van der Waals surface area (Å²) in [5.74, 6) is -2.58. The fourth-order valence-electron chi connectivity index (χ4n) is 10.8. The van der Waals surface area contributed by atoms with Crippen LogP contribution < -0.4 is 0 Å². The molecule has 0 radical (unpaired) electrons. The number of hydrogen-bond donors (Lipinski definition) is 6. The molecule has 3 aliphatic rings. The SMILES string of the molecule is CCCN1C[C@H](C)[C@@H](O)[C@](C)(O)[C@@H](CC)OC(=O)[C@H](C)[C@H](O[C@@H]2C[C@](C)(OC)[C@@](O)(CN(CC)CC(O)CO)[C@H](C)O2)[C@H](C)[C@@H](O[C@@H]2O[C@H](C)C[C@H](N(C)C)[C@H]2O)C(C)(C)C[C@H]1C. The van der Waals surface area contributed by atoms with Crippen molar-refractivity contribution < 1.29 is 63.9 Å². The predicted molar refractivity (Wildman–Crippen MR) is 241 cm³/mol. The number of likely N-dealkylation sites (N-methyl/N-ethyl adjacent to an activating group) is 2. The zero-order valence-corrected chi connectivity index (χ0v) is 41.8. The summed E-state index contributed by atoms with van der Waals surface area (Å²) in [6, 6.07) is -0.252. The highest BCUT2D eigenvalue weighted by Crippen LogP contribution is 2.45. The molecule has 6 N–H and O–H groups in total. The number of carbonyl (C=O) groups excluding carboxylic acids is 1. The Balaban J connectivity index is 2.22. The molecule has 3 aliphatic heterocycles. The van der Waals surface area contributed by atoms with Crippen molar-refractivity contribution in [3.05, 3.63) is 0 Å². The highest BCUT2D eigenvalue weighted by Gasteiger charge is 2.59. The molecule has 0 aromatic heterocycles. The quantitative estimate of drug-likeness (QED) is 0.131. The van der Waals surface area contributed by atoms with Gasteiger partial charge < -0.3 is 68.9 Å². The number of carbonyl (C=O) groups is 1. The average molecular weight is 906 g/mol. The van der Waals surface area contributed by atoms with Crippen LogP contribution in [0, 0.1) is 23.2 Å². The van der Waals surface area contributed by atoms with Gasteiger partial charge in [0, 0.05) is 51.2 Å². The number of cyclic esters (lactones) is 1. The normalized spacial score (nSPS) is 43.3. The van der Waals surface area contributed by atoms with Crippen molar-refractivity contribution in [2.75, 3.05) is 60.5 Å². The molecular formula is C47H91N3O13. The van der Waals surface area contributed by atoms with Crippen molar-refractivity contribution in [1.82, 2.24) is 14.7 Å². The first-order chi connectivity index (χ1) is 29.2. The van der Waals surface area contributed by atoms with Crippen LogP contribution in [0.4, 0.5) is 0 Å². The summed E-state index contributed by atoms with van der Waals surface area (Å²) in [4.78, 5) is 20.8. The number of ether oxygens (including phenoxy) is 6. The third-order valence-electron chi connectivity index (χ3n) is 14.9. The second kappa shape index (κ2) is 23.3. The Morgan fingerprint density at radius 1 is 0.952 bits per heavy atom. The molecule has 0 saturated carbocycles. The topological polar surface area (TPSA) is 204 Å². The number of hydrogen-bond acceptors (Lipinski definition) is 16. The Morgan fingerprint density at radius 2 is 1.59 bits per heavy atom. The van der Waals surface area contributed by atoms with E-state index in [9.17, 15) is 35.4 Å². The van der Waals surface area contributed by atoms with Crippen LogP contribution in [0.2, 0.25) is 0 Å². The van der Waals surface area contributed by atoms with Crippen LogP contribution in [0.15, 0.2) is 0 Å². The van der Waals surface area contributed by atoms with Crippen molar-refractivity contribution in [2.45, 2.75) is 212 Å². The van der Waals surface area contributed by atoms with Gasteiger partial charge >= 0.3 is 5.97 Å². The summed E-state index contributed by atoms with van der Waals surface area (Å²) in [5.41, 5.74) is -5.26. The van der Waals surface area contributed by atoms with Gasteiger partial charge in [0.2, 0.25) is 0 Å². The fraction of sp³-hybridized carbons (Fsp3) is 0.979. The Labute approximate surface area is 379 Å². The minimum atomic E-state index is -1.78. The second-order valence-corrected chi connectivity index (χ2v) is 20.8.